The maximum Gasteiger partial charge on any atom is 0.228 e. The molecule has 3 aromatic rings. The number of aromatic nitrogens is 1. The minimum atomic E-state index is -0.169. The molecule has 1 aromatic heterocycles. The zero-order valence-corrected chi connectivity index (χ0v) is 17.8. The second-order valence-corrected chi connectivity index (χ2v) is 7.11. The van der Waals surface area contributed by atoms with E-state index in [2.05, 4.69) is 4.57 Å². The highest BCUT2D eigenvalue weighted by atomic mass is 16.5. The third kappa shape index (κ3) is 4.23. The molecule has 158 valence electrons. The van der Waals surface area contributed by atoms with Crippen LogP contribution in [0.1, 0.15) is 27.0 Å². The first-order valence-corrected chi connectivity index (χ1v) is 9.88. The highest BCUT2D eigenvalue weighted by molar-refractivity contribution is 6.12. The monoisotopic (exact) mass is 418 g/mol. The van der Waals surface area contributed by atoms with Crippen LogP contribution in [0, 0.1) is 0 Å². The summed E-state index contributed by atoms with van der Waals surface area (Å²) in [6, 6.07) is 15.4. The van der Waals surface area contributed by atoms with Gasteiger partial charge in [-0.2, -0.15) is 0 Å². The van der Waals surface area contributed by atoms with Crippen LogP contribution in [-0.2, 0) is 17.9 Å². The Bertz CT molecular complexity index is 1120. The Balaban J connectivity index is 1.52. The Kier molecular flexibility index (Phi) is 5.89. The number of fused-ring (bicyclic) bond motifs is 1. The summed E-state index contributed by atoms with van der Waals surface area (Å²) in [4.78, 5) is 12.9. The molecule has 4 rings (SSSR count). The van der Waals surface area contributed by atoms with Gasteiger partial charge in [0, 0.05) is 28.8 Å². The molecule has 0 N–H and O–H groups in total. The molecular formula is C25H24NO5+. The van der Waals surface area contributed by atoms with Crippen LogP contribution >= 0.6 is 0 Å². The van der Waals surface area contributed by atoms with Crippen LogP contribution in [0.15, 0.2) is 66.7 Å². The fourth-order valence-electron chi connectivity index (χ4n) is 3.57. The van der Waals surface area contributed by atoms with Gasteiger partial charge in [0.05, 0.1) is 21.3 Å². The summed E-state index contributed by atoms with van der Waals surface area (Å²) in [5, 5.41) is 0. The van der Waals surface area contributed by atoms with Gasteiger partial charge in [-0.25, -0.2) is 4.57 Å². The number of hydrogen-bond acceptors (Lipinski definition) is 5. The molecule has 0 amide bonds. The van der Waals surface area contributed by atoms with Crippen LogP contribution in [0.2, 0.25) is 0 Å². The van der Waals surface area contributed by atoms with Gasteiger partial charge in [-0.15, -0.1) is 0 Å². The van der Waals surface area contributed by atoms with Crippen molar-refractivity contribution >= 4 is 11.9 Å². The molecular weight excluding hydrogens is 394 g/mol. The van der Waals surface area contributed by atoms with Crippen molar-refractivity contribution in [1.29, 1.82) is 0 Å². The lowest BCUT2D eigenvalue weighted by Crippen LogP contribution is -2.33. The topological polar surface area (TPSA) is 57.9 Å². The van der Waals surface area contributed by atoms with Crippen molar-refractivity contribution in [1.82, 2.24) is 0 Å². The number of allylic oxidation sites excluding steroid dienone is 1. The second kappa shape index (κ2) is 8.92. The standard InChI is InChI=1S/C25H24NO5/c1-28-19-6-4-18(5-7-19)15-26-12-10-17(11-13-26)14-23-24(27)20-8-9-22(29-2)25(30-3)21(20)16-31-23/h4-14H,15-16H2,1-3H3/q+1. The molecule has 0 spiro atoms. The third-order valence-electron chi connectivity index (χ3n) is 5.23. The Hall–Kier alpha value is -3.80. The highest BCUT2D eigenvalue weighted by Gasteiger charge is 2.28. The van der Waals surface area contributed by atoms with E-state index in [-0.39, 0.29) is 12.4 Å². The number of ether oxygens (including phenoxy) is 4. The maximum atomic E-state index is 12.9. The Morgan fingerprint density at radius 1 is 0.935 bits per heavy atom. The normalized spacial score (nSPS) is 14.0. The number of benzene rings is 2. The second-order valence-electron chi connectivity index (χ2n) is 7.11. The zero-order chi connectivity index (χ0) is 21.8. The Morgan fingerprint density at radius 2 is 1.68 bits per heavy atom. The van der Waals surface area contributed by atoms with E-state index in [9.17, 15) is 4.79 Å². The van der Waals surface area contributed by atoms with E-state index in [1.807, 2.05) is 48.8 Å². The summed E-state index contributed by atoms with van der Waals surface area (Å²) >= 11 is 0. The number of methoxy groups -OCH3 is 3. The largest absolute Gasteiger partial charge is 0.497 e. The van der Waals surface area contributed by atoms with E-state index in [1.165, 1.54) is 5.56 Å². The van der Waals surface area contributed by atoms with Crippen molar-refractivity contribution in [3.8, 4) is 17.2 Å². The lowest BCUT2D eigenvalue weighted by Gasteiger charge is -2.22. The van der Waals surface area contributed by atoms with Gasteiger partial charge >= 0.3 is 0 Å². The number of ketones is 1. The fourth-order valence-corrected chi connectivity index (χ4v) is 3.57. The van der Waals surface area contributed by atoms with Gasteiger partial charge in [0.2, 0.25) is 5.78 Å². The molecule has 0 saturated carbocycles. The number of hydrogen-bond donors (Lipinski definition) is 0. The van der Waals surface area contributed by atoms with Gasteiger partial charge in [-0.3, -0.25) is 4.79 Å². The average Bonchev–Trinajstić information content (AvgIpc) is 2.81. The van der Waals surface area contributed by atoms with Crippen molar-refractivity contribution in [2.75, 3.05) is 21.3 Å². The summed E-state index contributed by atoms with van der Waals surface area (Å²) in [5.41, 5.74) is 3.33. The number of nitrogens with zero attached hydrogens (tertiary/aromatic N) is 1. The lowest BCUT2D eigenvalue weighted by atomic mass is 9.98. The van der Waals surface area contributed by atoms with Crippen molar-refractivity contribution in [3.63, 3.8) is 0 Å². The molecule has 6 heteroatoms. The third-order valence-corrected chi connectivity index (χ3v) is 5.23. The minimum Gasteiger partial charge on any atom is -0.497 e. The maximum absolute atomic E-state index is 12.9. The molecule has 0 fully saturated rings. The van der Waals surface area contributed by atoms with Crippen molar-refractivity contribution in [2.45, 2.75) is 13.2 Å². The van der Waals surface area contributed by atoms with Gasteiger partial charge < -0.3 is 18.9 Å². The van der Waals surface area contributed by atoms with Crippen LogP contribution in [0.5, 0.6) is 17.2 Å². The number of carbonyl (C=O) groups excluding carboxylic acids is 1. The number of carbonyl (C=O) groups is 1. The molecule has 0 unspecified atom stereocenters. The van der Waals surface area contributed by atoms with Gasteiger partial charge in [0.15, 0.2) is 36.2 Å². The van der Waals surface area contributed by atoms with Gasteiger partial charge in [-0.1, -0.05) is 0 Å². The first-order chi connectivity index (χ1) is 15.1. The van der Waals surface area contributed by atoms with E-state index in [0.29, 0.717) is 28.4 Å². The first-order valence-electron chi connectivity index (χ1n) is 9.88. The van der Waals surface area contributed by atoms with E-state index in [0.717, 1.165) is 17.9 Å². The van der Waals surface area contributed by atoms with Crippen LogP contribution in [0.3, 0.4) is 0 Å². The smallest absolute Gasteiger partial charge is 0.228 e. The van der Waals surface area contributed by atoms with Gasteiger partial charge in [0.1, 0.15) is 12.4 Å². The molecule has 0 saturated heterocycles. The van der Waals surface area contributed by atoms with E-state index < -0.39 is 0 Å². The fraction of sp³-hybridized carbons (Fsp3) is 0.200. The van der Waals surface area contributed by atoms with Gasteiger partial charge in [0.25, 0.3) is 0 Å². The van der Waals surface area contributed by atoms with Crippen LogP contribution in [0.4, 0.5) is 0 Å². The van der Waals surface area contributed by atoms with Crippen LogP contribution < -0.4 is 18.8 Å². The predicted octanol–water partition coefficient (Wildman–Crippen LogP) is 3.80. The van der Waals surface area contributed by atoms with Crippen molar-refractivity contribution < 1.29 is 28.3 Å². The number of pyridine rings is 1. The minimum absolute atomic E-state index is 0.169. The van der Waals surface area contributed by atoms with Crippen LogP contribution in [-0.4, -0.2) is 27.1 Å². The SMILES string of the molecule is COc1ccc(C[n+]2ccc(C=C3OCc4c(ccc(OC)c4OC)C3=O)cc2)cc1. The van der Waals surface area contributed by atoms with Crippen molar-refractivity contribution in [3.05, 3.63) is 88.9 Å². The molecule has 1 aliphatic rings. The summed E-state index contributed by atoms with van der Waals surface area (Å²) < 4.78 is 23.8. The zero-order valence-electron chi connectivity index (χ0n) is 17.8. The predicted molar refractivity (Wildman–Crippen MR) is 115 cm³/mol. The molecule has 0 bridgehead atoms. The summed E-state index contributed by atoms with van der Waals surface area (Å²) in [6.45, 7) is 0.989. The molecule has 31 heavy (non-hydrogen) atoms. The summed E-state index contributed by atoms with van der Waals surface area (Å²) in [7, 11) is 4.78. The Labute approximate surface area is 181 Å². The highest BCUT2D eigenvalue weighted by Crippen LogP contribution is 2.37. The number of Topliss-reactive ketones (excluding diaryl/α,β-unsaturated/α-hetero) is 1. The molecule has 0 radical (unpaired) electrons. The number of rotatable bonds is 6. The quantitative estimate of drug-likeness (QED) is 0.450. The Morgan fingerprint density at radius 3 is 2.32 bits per heavy atom. The van der Waals surface area contributed by atoms with E-state index in [1.54, 1.807) is 39.5 Å². The molecule has 6 nitrogen and oxygen atoms in total. The average molecular weight is 418 g/mol. The molecule has 0 atom stereocenters. The first kappa shape index (κ1) is 20.5. The molecule has 2 heterocycles. The van der Waals surface area contributed by atoms with E-state index >= 15 is 0 Å². The molecule has 2 aromatic carbocycles. The van der Waals surface area contributed by atoms with E-state index in [4.69, 9.17) is 18.9 Å². The summed E-state index contributed by atoms with van der Waals surface area (Å²) in [5.74, 6) is 2.09. The summed E-state index contributed by atoms with van der Waals surface area (Å²) in [6.07, 6.45) is 5.72. The van der Waals surface area contributed by atoms with Crippen molar-refractivity contribution in [2.24, 2.45) is 0 Å². The molecule has 0 aliphatic carbocycles. The lowest BCUT2D eigenvalue weighted by molar-refractivity contribution is -0.688. The van der Waals surface area contributed by atoms with Gasteiger partial charge in [-0.05, 0) is 48.0 Å². The molecule has 1 aliphatic heterocycles. The van der Waals surface area contributed by atoms with Crippen LogP contribution in [0.25, 0.3) is 6.08 Å².